The van der Waals surface area contributed by atoms with Crippen LogP contribution in [0.1, 0.15) is 24.2 Å². The van der Waals surface area contributed by atoms with Crippen LogP contribution in [0.3, 0.4) is 0 Å². The molecule has 0 amide bonds. The highest BCUT2D eigenvalue weighted by molar-refractivity contribution is 9.10. The fourth-order valence-electron chi connectivity index (χ4n) is 2.18. The normalized spacial score (nSPS) is 12.2. The number of likely N-dealkylation sites (N-methyl/N-ethyl adjacent to an activating group) is 1. The highest BCUT2D eigenvalue weighted by Crippen LogP contribution is 2.27. The predicted molar refractivity (Wildman–Crippen MR) is 85.1 cm³/mol. The van der Waals surface area contributed by atoms with Crippen molar-refractivity contribution in [3.05, 3.63) is 58.3 Å². The van der Waals surface area contributed by atoms with E-state index in [-0.39, 0.29) is 6.04 Å². The first-order valence-corrected chi connectivity index (χ1v) is 7.50. The molecule has 2 rings (SSSR count). The van der Waals surface area contributed by atoms with Gasteiger partial charge in [0.25, 0.3) is 0 Å². The predicted octanol–water partition coefficient (Wildman–Crippen LogP) is 3.75. The van der Waals surface area contributed by atoms with Crippen LogP contribution in [0.5, 0.6) is 5.75 Å². The van der Waals surface area contributed by atoms with Crippen LogP contribution in [-0.2, 0) is 6.42 Å². The van der Waals surface area contributed by atoms with Crippen molar-refractivity contribution in [2.75, 3.05) is 13.7 Å². The molecule has 1 heterocycles. The van der Waals surface area contributed by atoms with Crippen LogP contribution < -0.4 is 10.1 Å². The lowest BCUT2D eigenvalue weighted by Crippen LogP contribution is -2.23. The number of rotatable bonds is 6. The van der Waals surface area contributed by atoms with Gasteiger partial charge in [-0.15, -0.1) is 0 Å². The summed E-state index contributed by atoms with van der Waals surface area (Å²) in [7, 11) is 1.68. The summed E-state index contributed by atoms with van der Waals surface area (Å²) in [6.07, 6.45) is 2.73. The zero-order valence-electron chi connectivity index (χ0n) is 11.8. The Morgan fingerprint density at radius 1 is 1.30 bits per heavy atom. The minimum absolute atomic E-state index is 0.224. The van der Waals surface area contributed by atoms with E-state index in [9.17, 15) is 0 Å². The van der Waals surface area contributed by atoms with E-state index in [4.69, 9.17) is 4.74 Å². The number of halogens is 1. The van der Waals surface area contributed by atoms with Gasteiger partial charge in [-0.3, -0.25) is 4.98 Å². The number of hydrogen-bond acceptors (Lipinski definition) is 3. The molecule has 4 heteroatoms. The molecule has 0 aliphatic rings. The van der Waals surface area contributed by atoms with Crippen molar-refractivity contribution >= 4 is 15.9 Å². The molecule has 0 saturated heterocycles. The molecular weight excluding hydrogens is 316 g/mol. The maximum atomic E-state index is 5.26. The zero-order valence-corrected chi connectivity index (χ0v) is 13.4. The molecule has 0 fully saturated rings. The molecule has 0 spiro atoms. The fraction of sp³-hybridized carbons (Fsp3) is 0.312. The third-order valence-electron chi connectivity index (χ3n) is 3.15. The average Bonchev–Trinajstić information content (AvgIpc) is 2.48. The molecule has 1 unspecified atom stereocenters. The molecule has 20 heavy (non-hydrogen) atoms. The summed E-state index contributed by atoms with van der Waals surface area (Å²) in [4.78, 5) is 4.45. The van der Waals surface area contributed by atoms with E-state index < -0.39 is 0 Å². The van der Waals surface area contributed by atoms with Crippen LogP contribution in [-0.4, -0.2) is 18.6 Å². The van der Waals surface area contributed by atoms with E-state index in [2.05, 4.69) is 51.4 Å². The number of aromatic nitrogens is 1. The maximum Gasteiger partial charge on any atom is 0.133 e. The lowest BCUT2D eigenvalue weighted by atomic mass is 10.0. The SMILES string of the molecule is CCNC(Cc1ccc(OC)c(Br)c1)c1ccccn1. The van der Waals surface area contributed by atoms with Crippen LogP contribution in [0.2, 0.25) is 0 Å². The quantitative estimate of drug-likeness (QED) is 0.873. The van der Waals surface area contributed by atoms with Crippen LogP contribution in [0.15, 0.2) is 47.1 Å². The van der Waals surface area contributed by atoms with Crippen LogP contribution >= 0.6 is 15.9 Å². The summed E-state index contributed by atoms with van der Waals surface area (Å²) >= 11 is 3.53. The van der Waals surface area contributed by atoms with Crippen molar-refractivity contribution in [2.45, 2.75) is 19.4 Å². The van der Waals surface area contributed by atoms with Crippen molar-refractivity contribution in [3.63, 3.8) is 0 Å². The Morgan fingerprint density at radius 2 is 2.15 bits per heavy atom. The van der Waals surface area contributed by atoms with Gasteiger partial charge in [0.1, 0.15) is 5.75 Å². The highest BCUT2D eigenvalue weighted by atomic mass is 79.9. The van der Waals surface area contributed by atoms with Crippen molar-refractivity contribution in [2.24, 2.45) is 0 Å². The summed E-state index contributed by atoms with van der Waals surface area (Å²) in [5, 5.41) is 3.49. The highest BCUT2D eigenvalue weighted by Gasteiger charge is 2.13. The molecular formula is C16H19BrN2O. The van der Waals surface area contributed by atoms with Gasteiger partial charge in [0, 0.05) is 6.20 Å². The van der Waals surface area contributed by atoms with Crippen molar-refractivity contribution < 1.29 is 4.74 Å². The van der Waals surface area contributed by atoms with Gasteiger partial charge in [-0.1, -0.05) is 19.1 Å². The monoisotopic (exact) mass is 334 g/mol. The molecule has 1 aromatic heterocycles. The minimum Gasteiger partial charge on any atom is -0.496 e. The Bertz CT molecular complexity index is 545. The number of methoxy groups -OCH3 is 1. The molecule has 106 valence electrons. The Labute approximate surface area is 128 Å². The summed E-state index contributed by atoms with van der Waals surface area (Å²) < 4.78 is 6.24. The average molecular weight is 335 g/mol. The second-order valence-corrected chi connectivity index (χ2v) is 5.39. The number of nitrogens with one attached hydrogen (secondary N) is 1. The summed E-state index contributed by atoms with van der Waals surface area (Å²) in [5.41, 5.74) is 2.32. The van der Waals surface area contributed by atoms with Gasteiger partial charge < -0.3 is 10.1 Å². The molecule has 1 aromatic carbocycles. The summed E-state index contributed by atoms with van der Waals surface area (Å²) in [6.45, 7) is 3.03. The van der Waals surface area contributed by atoms with E-state index in [1.807, 2.05) is 24.4 Å². The van der Waals surface area contributed by atoms with Gasteiger partial charge in [0.05, 0.1) is 23.3 Å². The van der Waals surface area contributed by atoms with Crippen LogP contribution in [0, 0.1) is 0 Å². The van der Waals surface area contributed by atoms with E-state index in [0.717, 1.165) is 28.9 Å². The molecule has 0 aliphatic heterocycles. The molecule has 0 bridgehead atoms. The second-order valence-electron chi connectivity index (χ2n) is 4.54. The first-order valence-electron chi connectivity index (χ1n) is 6.71. The standard InChI is InChI=1S/C16H19BrN2O/c1-3-18-15(14-6-4-5-9-19-14)11-12-7-8-16(20-2)13(17)10-12/h4-10,15,18H,3,11H2,1-2H3. The second kappa shape index (κ2) is 7.41. The Balaban J connectivity index is 2.18. The van der Waals surface area contributed by atoms with E-state index >= 15 is 0 Å². The largest absolute Gasteiger partial charge is 0.496 e. The number of ether oxygens (including phenoxy) is 1. The fourth-order valence-corrected chi connectivity index (χ4v) is 2.77. The molecule has 3 nitrogen and oxygen atoms in total. The zero-order chi connectivity index (χ0) is 14.4. The van der Waals surface area contributed by atoms with E-state index in [1.165, 1.54) is 5.56 Å². The molecule has 0 aliphatic carbocycles. The van der Waals surface area contributed by atoms with Crippen LogP contribution in [0.25, 0.3) is 0 Å². The molecule has 0 radical (unpaired) electrons. The lowest BCUT2D eigenvalue weighted by molar-refractivity contribution is 0.412. The van der Waals surface area contributed by atoms with Gasteiger partial charge >= 0.3 is 0 Å². The van der Waals surface area contributed by atoms with Gasteiger partial charge in [-0.05, 0) is 58.7 Å². The number of pyridine rings is 1. The maximum absolute atomic E-state index is 5.26. The van der Waals surface area contributed by atoms with E-state index in [1.54, 1.807) is 7.11 Å². The first kappa shape index (κ1) is 15.0. The Kier molecular flexibility index (Phi) is 5.56. The third-order valence-corrected chi connectivity index (χ3v) is 3.77. The summed E-state index contributed by atoms with van der Waals surface area (Å²) in [5.74, 6) is 0.853. The molecule has 1 N–H and O–H groups in total. The van der Waals surface area contributed by atoms with Crippen LogP contribution in [0.4, 0.5) is 0 Å². The van der Waals surface area contributed by atoms with E-state index in [0.29, 0.717) is 0 Å². The topological polar surface area (TPSA) is 34.1 Å². The number of hydrogen-bond donors (Lipinski definition) is 1. The molecule has 0 saturated carbocycles. The number of nitrogens with zero attached hydrogens (tertiary/aromatic N) is 1. The van der Waals surface area contributed by atoms with Crippen molar-refractivity contribution in [1.29, 1.82) is 0 Å². The van der Waals surface area contributed by atoms with Gasteiger partial charge in [0.15, 0.2) is 0 Å². The third kappa shape index (κ3) is 3.81. The molecule has 2 aromatic rings. The lowest BCUT2D eigenvalue weighted by Gasteiger charge is -2.18. The first-order chi connectivity index (χ1) is 9.74. The summed E-state index contributed by atoms with van der Waals surface area (Å²) in [6, 6.07) is 12.4. The molecule has 1 atom stereocenters. The Hall–Kier alpha value is -1.39. The Morgan fingerprint density at radius 3 is 2.75 bits per heavy atom. The van der Waals surface area contributed by atoms with Crippen molar-refractivity contribution in [1.82, 2.24) is 10.3 Å². The number of benzene rings is 1. The van der Waals surface area contributed by atoms with Gasteiger partial charge in [-0.2, -0.15) is 0 Å². The smallest absolute Gasteiger partial charge is 0.133 e. The van der Waals surface area contributed by atoms with Gasteiger partial charge in [-0.25, -0.2) is 0 Å². The van der Waals surface area contributed by atoms with Crippen molar-refractivity contribution in [3.8, 4) is 5.75 Å². The van der Waals surface area contributed by atoms with Gasteiger partial charge in [0.2, 0.25) is 0 Å². The minimum atomic E-state index is 0.224.